The van der Waals surface area contributed by atoms with Crippen molar-refractivity contribution in [1.29, 1.82) is 0 Å². The van der Waals surface area contributed by atoms with E-state index < -0.39 is 0 Å². The summed E-state index contributed by atoms with van der Waals surface area (Å²) >= 11 is 0. The summed E-state index contributed by atoms with van der Waals surface area (Å²) in [7, 11) is 0. The Hall–Kier alpha value is -15.1. The summed E-state index contributed by atoms with van der Waals surface area (Å²) in [6.07, 6.45) is 18.1. The van der Waals surface area contributed by atoms with Gasteiger partial charge in [0.2, 0.25) is 5.65 Å². The van der Waals surface area contributed by atoms with E-state index in [0.29, 0.717) is 11.6 Å². The van der Waals surface area contributed by atoms with E-state index in [-0.39, 0.29) is 0 Å². The Morgan fingerprint density at radius 2 is 0.750 bits per heavy atom. The molecule has 12 aromatic heterocycles. The zero-order valence-corrected chi connectivity index (χ0v) is 63.9. The fourth-order valence-corrected chi connectivity index (χ4v) is 14.6. The normalized spacial score (nSPS) is 12.8. The maximum atomic E-state index is 5.48. The quantitative estimate of drug-likeness (QED) is 0.0513. The molecule has 26 nitrogen and oxygen atoms in total. The number of fused-ring (bicyclic) bond motifs is 10. The van der Waals surface area contributed by atoms with Gasteiger partial charge in [0.15, 0.2) is 34.6 Å². The molecule has 2 saturated heterocycles. The minimum atomic E-state index is 0.412. The second-order valence-corrected chi connectivity index (χ2v) is 28.7. The molecular weight excluding hydrogens is 1450 g/mol. The number of anilines is 12. The van der Waals surface area contributed by atoms with Crippen LogP contribution in [0.4, 0.5) is 68.9 Å². The van der Waals surface area contributed by atoms with Gasteiger partial charge in [-0.05, 0) is 198 Å². The third-order valence-electron chi connectivity index (χ3n) is 20.5. The molecule has 116 heavy (non-hydrogen) atoms. The third kappa shape index (κ3) is 16.1. The second-order valence-electron chi connectivity index (χ2n) is 28.7. The van der Waals surface area contributed by atoms with Crippen molar-refractivity contribution in [3.8, 4) is 0 Å². The summed E-state index contributed by atoms with van der Waals surface area (Å²) in [5, 5.41) is 65.0. The van der Waals surface area contributed by atoms with Crippen molar-refractivity contribution in [3.63, 3.8) is 0 Å². The Morgan fingerprint density at radius 3 is 1.27 bits per heavy atom. The van der Waals surface area contributed by atoms with Gasteiger partial charge in [0, 0.05) is 148 Å². The van der Waals surface area contributed by atoms with Crippen LogP contribution < -0.4 is 36.4 Å². The van der Waals surface area contributed by atoms with Gasteiger partial charge in [-0.1, -0.05) is 92.7 Å². The Labute approximate surface area is 665 Å². The van der Waals surface area contributed by atoms with Crippen molar-refractivity contribution in [2.45, 2.75) is 46.0 Å². The van der Waals surface area contributed by atoms with Gasteiger partial charge in [-0.3, -0.25) is 55.4 Å². The topological polar surface area (TPSA) is 322 Å². The lowest BCUT2D eigenvalue weighted by atomic mass is 10.0. The lowest BCUT2D eigenvalue weighted by Gasteiger charge is -2.30. The molecule has 2 fully saturated rings. The molecule has 20 aromatic rings. The van der Waals surface area contributed by atoms with Crippen LogP contribution >= 0.6 is 0 Å². The van der Waals surface area contributed by atoms with Crippen molar-refractivity contribution in [1.82, 2.24) is 90.9 Å². The number of hydrogen-bond donors (Lipinski definition) is 10. The molecule has 14 heterocycles. The van der Waals surface area contributed by atoms with Crippen molar-refractivity contribution < 1.29 is 4.74 Å². The molecule has 0 aliphatic carbocycles. The predicted molar refractivity (Wildman–Crippen MR) is 467 cm³/mol. The molecule has 2 aliphatic heterocycles. The van der Waals surface area contributed by atoms with Crippen LogP contribution in [0.15, 0.2) is 262 Å². The van der Waals surface area contributed by atoms with E-state index in [4.69, 9.17) is 4.74 Å². The maximum Gasteiger partial charge on any atom is 0.201 e. The second kappa shape index (κ2) is 33.1. The number of aromatic amines is 5. The molecular formula is C90H81N25O. The van der Waals surface area contributed by atoms with Gasteiger partial charge in [0.25, 0.3) is 0 Å². The van der Waals surface area contributed by atoms with Crippen LogP contribution in [0.3, 0.4) is 0 Å². The number of nitrogens with zero attached hydrogens (tertiary/aromatic N) is 15. The molecule has 0 radical (unpaired) electrons. The number of piperidine rings is 1. The summed E-state index contributed by atoms with van der Waals surface area (Å²) in [6.45, 7) is 12.0. The smallest absolute Gasteiger partial charge is 0.201 e. The summed E-state index contributed by atoms with van der Waals surface area (Å²) < 4.78 is 5.48. The molecule has 0 unspecified atom stereocenters. The van der Waals surface area contributed by atoms with Gasteiger partial charge in [-0.15, -0.1) is 0 Å². The number of H-pyrrole nitrogens is 5. The molecule has 8 aromatic carbocycles. The number of nitrogens with one attached hydrogen (secondary N) is 10. The molecule has 0 atom stereocenters. The van der Waals surface area contributed by atoms with E-state index in [9.17, 15) is 0 Å². The van der Waals surface area contributed by atoms with Crippen LogP contribution in [-0.2, 0) is 4.74 Å². The number of hydrogen-bond acceptors (Lipinski definition) is 21. The van der Waals surface area contributed by atoms with Crippen LogP contribution in [0, 0.1) is 6.92 Å². The Kier molecular flexibility index (Phi) is 20.7. The number of aryl methyl sites for hydroxylation is 1. The number of benzene rings is 8. The van der Waals surface area contributed by atoms with Crippen molar-refractivity contribution in [2.24, 2.45) is 0 Å². The Morgan fingerprint density at radius 1 is 0.328 bits per heavy atom. The molecule has 2 aliphatic rings. The van der Waals surface area contributed by atoms with Gasteiger partial charge >= 0.3 is 0 Å². The first kappa shape index (κ1) is 72.5. The highest BCUT2D eigenvalue weighted by Gasteiger charge is 2.19. The first-order chi connectivity index (χ1) is 57.2. The summed E-state index contributed by atoms with van der Waals surface area (Å²) in [5.74, 6) is 4.13. The summed E-state index contributed by atoms with van der Waals surface area (Å²) in [5.41, 5.74) is 18.1. The van der Waals surface area contributed by atoms with E-state index in [2.05, 4.69) is 268 Å². The minimum absolute atomic E-state index is 0.412. The molecule has 572 valence electrons. The largest absolute Gasteiger partial charge is 0.378 e. The lowest BCUT2D eigenvalue weighted by molar-refractivity contribution is 0.123. The van der Waals surface area contributed by atoms with Crippen LogP contribution in [0.5, 0.6) is 0 Å². The highest BCUT2D eigenvalue weighted by atomic mass is 16.5. The van der Waals surface area contributed by atoms with Gasteiger partial charge in [0.05, 0.1) is 35.3 Å². The molecule has 0 spiro atoms. The fourth-order valence-electron chi connectivity index (χ4n) is 14.6. The van der Waals surface area contributed by atoms with Gasteiger partial charge in [-0.2, -0.15) is 25.5 Å². The first-order valence-electron chi connectivity index (χ1n) is 38.7. The Bertz CT molecular complexity index is 6680. The number of rotatable bonds is 13. The molecule has 22 rings (SSSR count). The van der Waals surface area contributed by atoms with E-state index in [1.165, 1.54) is 68.3 Å². The molecule has 26 heteroatoms. The molecule has 0 bridgehead atoms. The van der Waals surface area contributed by atoms with Crippen LogP contribution in [-0.4, -0.2) is 130 Å². The first-order valence-corrected chi connectivity index (χ1v) is 38.7. The number of pyridine rings is 6. The van der Waals surface area contributed by atoms with Crippen molar-refractivity contribution in [2.75, 3.05) is 75.8 Å². The Balaban J connectivity index is 0.000000101. The van der Waals surface area contributed by atoms with Gasteiger partial charge < -0.3 is 41.1 Å². The third-order valence-corrected chi connectivity index (χ3v) is 20.5. The van der Waals surface area contributed by atoms with E-state index in [0.717, 1.165) is 174 Å². The molecule has 10 N–H and O–H groups in total. The minimum Gasteiger partial charge on any atom is -0.378 e. The summed E-state index contributed by atoms with van der Waals surface area (Å²) in [4.78, 5) is 39.7. The number of morpholine rings is 1. The lowest BCUT2D eigenvalue weighted by Crippen LogP contribution is -2.36. The van der Waals surface area contributed by atoms with Gasteiger partial charge in [0.1, 0.15) is 22.1 Å². The van der Waals surface area contributed by atoms with Crippen LogP contribution in [0.25, 0.3) is 109 Å². The van der Waals surface area contributed by atoms with Crippen LogP contribution in [0.1, 0.15) is 50.4 Å². The zero-order valence-electron chi connectivity index (χ0n) is 63.9. The number of aromatic nitrogens is 18. The van der Waals surface area contributed by atoms with E-state index in [1.807, 2.05) is 104 Å². The SMILES string of the molecule is CC(C)c1cc2cc(Nc3n[nH]c4cccnc34)ccc2cn1.Cc1cc2cc(Nc3n[nH]c4cccnc34)ccc2cn1.c1cc(N2CCCCC2)c2ccc(Nc3n[nH]c4cccnc34)cc2c1.c1cc(N2CCOCC2)c2ccc(Nc3n[nH]c4cccnc34)cc2c1.c1ccc2cc(Nc3[nH]nc4nccnc34)ccc2c1. The predicted octanol–water partition coefficient (Wildman–Crippen LogP) is 19.7. The monoisotopic (exact) mass is 1530 g/mol. The highest BCUT2D eigenvalue weighted by molar-refractivity contribution is 6.00. The number of ether oxygens (including phenoxy) is 1. The highest BCUT2D eigenvalue weighted by Crippen LogP contribution is 2.36. The fraction of sp³-hybridized carbons (Fsp3) is 0.144. The van der Waals surface area contributed by atoms with Crippen molar-refractivity contribution >= 4 is 178 Å². The maximum absolute atomic E-state index is 5.48. The van der Waals surface area contributed by atoms with E-state index >= 15 is 0 Å². The van der Waals surface area contributed by atoms with E-state index in [1.54, 1.807) is 37.2 Å². The van der Waals surface area contributed by atoms with Gasteiger partial charge in [-0.25, -0.2) is 9.97 Å². The van der Waals surface area contributed by atoms with Crippen molar-refractivity contribution in [3.05, 3.63) is 273 Å². The standard InChI is InChI=1S/C21H21N5.C20H19N5O.C18H17N5.C16H13N5.C15H11N5/c1-2-12-26(13-3-1)19-8-4-6-15-14-16(9-10-17(15)19)23-21-20-18(24-25-21)7-5-11-22-20;1-3-14-13-15(22-20-19-17(23-24-20)4-2-8-21-19)6-7-16(14)18(5-1)25-9-11-26-12-10-25;1-11(2)16-9-13-8-14(6-5-12(13)10-20-16)21-18-17-15(22-23-18)4-3-7-19-17;1-10-7-12-8-13(5-4-11(12)9-18-10)19-16-15-14(20-21-16)3-2-6-17-15;1-2-4-11-9-12(6-5-10(11)3-1)18-15-13-14(19-20-15)17-8-7-16-13/h4-11,14H,1-3,12-13H2,(H2,23,24,25);1-8,13H,9-12H2,(H2,22,23,24);3-11H,1-2H3,(H2,21,22,23);2-9H,1H3,(H2,19,20,21);1-9H,(H2,17,18,19,20). The van der Waals surface area contributed by atoms with Crippen LogP contribution in [0.2, 0.25) is 0 Å². The zero-order chi connectivity index (χ0) is 78.1. The molecule has 0 amide bonds. The average molecular weight is 1530 g/mol. The summed E-state index contributed by atoms with van der Waals surface area (Å²) in [6, 6.07) is 72.4. The average Bonchev–Trinajstić information content (AvgIpc) is 1.39. The molecule has 0 saturated carbocycles.